The van der Waals surface area contributed by atoms with Gasteiger partial charge in [0.05, 0.1) is 18.0 Å². The molecule has 122 valence electrons. The maximum Gasteiger partial charge on any atom is 0.414 e. The highest BCUT2D eigenvalue weighted by Gasteiger charge is 2.32. The van der Waals surface area contributed by atoms with Crippen LogP contribution in [-0.4, -0.2) is 39.6 Å². The Kier molecular flexibility index (Phi) is 4.72. The van der Waals surface area contributed by atoms with Gasteiger partial charge in [-0.3, -0.25) is 9.69 Å². The molecule has 0 spiro atoms. The number of cyclic esters (lactones) is 1. The third kappa shape index (κ3) is 3.90. The van der Waals surface area contributed by atoms with Gasteiger partial charge in [-0.1, -0.05) is 0 Å². The second-order valence-electron chi connectivity index (χ2n) is 4.69. The van der Waals surface area contributed by atoms with Gasteiger partial charge in [-0.25, -0.2) is 13.2 Å². The minimum absolute atomic E-state index is 0.179. The first-order chi connectivity index (χ1) is 10.8. The zero-order valence-corrected chi connectivity index (χ0v) is 12.9. The van der Waals surface area contributed by atoms with Gasteiger partial charge in [0.2, 0.25) is 5.91 Å². The van der Waals surface area contributed by atoms with Crippen molar-refractivity contribution in [2.45, 2.75) is 17.9 Å². The Morgan fingerprint density at radius 3 is 2.70 bits per heavy atom. The lowest BCUT2D eigenvalue weighted by atomic mass is 10.2. The summed E-state index contributed by atoms with van der Waals surface area (Å²) in [5, 5.41) is 2.55. The van der Waals surface area contributed by atoms with Crippen LogP contribution in [0.25, 0.3) is 10.4 Å². The molecule has 1 heterocycles. The van der Waals surface area contributed by atoms with Gasteiger partial charge in [-0.2, -0.15) is 0 Å². The molecular formula is C12H13N5O5S. The number of nitrogens with zero attached hydrogens (tertiary/aromatic N) is 4. The van der Waals surface area contributed by atoms with Gasteiger partial charge < -0.3 is 10.1 Å². The summed E-state index contributed by atoms with van der Waals surface area (Å²) < 4.78 is 31.0. The second kappa shape index (κ2) is 6.55. The van der Waals surface area contributed by atoms with Crippen LogP contribution in [0.5, 0.6) is 0 Å². The minimum atomic E-state index is -4.07. The molecule has 0 radical (unpaired) electrons. The van der Waals surface area contributed by atoms with Crippen LogP contribution >= 0.6 is 0 Å². The van der Waals surface area contributed by atoms with Crippen molar-refractivity contribution in [1.29, 1.82) is 0 Å². The van der Waals surface area contributed by atoms with E-state index in [1.807, 2.05) is 0 Å². The summed E-state index contributed by atoms with van der Waals surface area (Å²) in [6.07, 6.45) is -1.08. The molecule has 1 aromatic carbocycles. The lowest BCUT2D eigenvalue weighted by Crippen LogP contribution is -2.33. The fourth-order valence-corrected chi connectivity index (χ4v) is 2.66. The first-order valence-corrected chi connectivity index (χ1v) is 7.91. The van der Waals surface area contributed by atoms with E-state index in [-0.39, 0.29) is 23.9 Å². The van der Waals surface area contributed by atoms with Crippen molar-refractivity contribution in [3.8, 4) is 0 Å². The predicted molar refractivity (Wildman–Crippen MR) is 79.1 cm³/mol. The van der Waals surface area contributed by atoms with Crippen LogP contribution in [0.2, 0.25) is 0 Å². The van der Waals surface area contributed by atoms with Crippen LogP contribution in [0.15, 0.2) is 33.7 Å². The van der Waals surface area contributed by atoms with E-state index in [4.69, 9.17) is 10.3 Å². The molecule has 1 aromatic rings. The van der Waals surface area contributed by atoms with E-state index in [9.17, 15) is 18.0 Å². The van der Waals surface area contributed by atoms with E-state index < -0.39 is 22.2 Å². The highest BCUT2D eigenvalue weighted by atomic mass is 32.2. The summed E-state index contributed by atoms with van der Waals surface area (Å²) >= 11 is 0. The zero-order valence-electron chi connectivity index (χ0n) is 12.0. The van der Waals surface area contributed by atoms with Gasteiger partial charge in [0.15, 0.2) is 0 Å². The molecule has 1 saturated heterocycles. The summed E-state index contributed by atoms with van der Waals surface area (Å²) in [5.74, 6) is -0.230. The van der Waals surface area contributed by atoms with Crippen LogP contribution in [0, 0.1) is 0 Å². The highest BCUT2D eigenvalue weighted by Crippen LogP contribution is 2.23. The molecule has 1 unspecified atom stereocenters. The molecule has 2 rings (SSSR count). The summed E-state index contributed by atoms with van der Waals surface area (Å²) in [6, 6.07) is 5.27. The average molecular weight is 339 g/mol. The smallest absolute Gasteiger partial charge is 0.414 e. The summed E-state index contributed by atoms with van der Waals surface area (Å²) in [4.78, 5) is 26.1. The normalized spacial score (nSPS) is 17.3. The molecule has 1 aliphatic heterocycles. The topological polar surface area (TPSA) is 142 Å². The van der Waals surface area contributed by atoms with Crippen LogP contribution in [-0.2, 0) is 19.6 Å². The number of benzene rings is 1. The lowest BCUT2D eigenvalue weighted by Gasteiger charge is -2.13. The molecule has 1 N–H and O–H groups in total. The van der Waals surface area contributed by atoms with E-state index in [2.05, 4.69) is 14.7 Å². The number of sulfonamides is 1. The van der Waals surface area contributed by atoms with E-state index in [0.717, 1.165) is 0 Å². The van der Waals surface area contributed by atoms with Gasteiger partial charge in [0.25, 0.3) is 10.0 Å². The third-order valence-corrected chi connectivity index (χ3v) is 4.20. The highest BCUT2D eigenvalue weighted by molar-refractivity contribution is 7.90. The number of carbonyl (C=O) groups is 2. The van der Waals surface area contributed by atoms with E-state index in [0.29, 0.717) is 5.69 Å². The summed E-state index contributed by atoms with van der Waals surface area (Å²) in [5.41, 5.74) is 8.65. The number of carbonyl (C=O) groups excluding carboxylic acids is 2. The SMILES string of the molecule is CC(=O)NCC1CN(c2ccc(S(=O)(=O)N=[N+]=[N-])cc2)C(=O)O1. The summed E-state index contributed by atoms with van der Waals surface area (Å²) in [6.45, 7) is 1.78. The first kappa shape index (κ1) is 16.6. The van der Waals surface area contributed by atoms with Gasteiger partial charge >= 0.3 is 6.09 Å². The Hall–Kier alpha value is -2.78. The van der Waals surface area contributed by atoms with Crippen molar-refractivity contribution < 1.29 is 22.7 Å². The molecule has 11 heteroatoms. The van der Waals surface area contributed by atoms with Crippen LogP contribution in [0.3, 0.4) is 0 Å². The molecule has 0 aromatic heterocycles. The fourth-order valence-electron chi connectivity index (χ4n) is 1.99. The number of hydrogen-bond donors (Lipinski definition) is 1. The molecule has 10 nitrogen and oxygen atoms in total. The average Bonchev–Trinajstić information content (AvgIpc) is 2.86. The predicted octanol–water partition coefficient (Wildman–Crippen LogP) is 1.15. The van der Waals surface area contributed by atoms with E-state index in [1.165, 1.54) is 36.1 Å². The van der Waals surface area contributed by atoms with Gasteiger partial charge in [-0.15, -0.1) is 0 Å². The van der Waals surface area contributed by atoms with Gasteiger partial charge in [0, 0.05) is 22.0 Å². The number of nitrogens with one attached hydrogen (secondary N) is 1. The Morgan fingerprint density at radius 1 is 1.48 bits per heavy atom. The number of anilines is 1. The monoisotopic (exact) mass is 339 g/mol. The van der Waals surface area contributed by atoms with Gasteiger partial charge in [-0.05, 0) is 29.8 Å². The molecule has 0 saturated carbocycles. The number of hydrogen-bond acceptors (Lipinski definition) is 5. The Bertz CT molecular complexity index is 770. The standard InChI is InChI=1S/C12H13N5O5S/c1-8(18)14-6-10-7-17(12(19)22-10)9-2-4-11(5-3-9)23(20,21)16-15-13/h2-5,10H,6-7H2,1H3,(H,14,18). The van der Waals surface area contributed by atoms with E-state index >= 15 is 0 Å². The largest absolute Gasteiger partial charge is 0.442 e. The third-order valence-electron chi connectivity index (χ3n) is 3.04. The number of azide groups is 1. The summed E-state index contributed by atoms with van der Waals surface area (Å²) in [7, 11) is -4.07. The van der Waals surface area contributed by atoms with Crippen LogP contribution < -0.4 is 10.2 Å². The van der Waals surface area contributed by atoms with Crippen molar-refractivity contribution in [2.24, 2.45) is 4.52 Å². The molecule has 2 amide bonds. The minimum Gasteiger partial charge on any atom is -0.442 e. The number of amides is 2. The van der Waals surface area contributed by atoms with Crippen molar-refractivity contribution in [2.75, 3.05) is 18.0 Å². The van der Waals surface area contributed by atoms with Crippen molar-refractivity contribution in [3.05, 3.63) is 34.7 Å². The van der Waals surface area contributed by atoms with Crippen molar-refractivity contribution in [3.63, 3.8) is 0 Å². The molecule has 1 fully saturated rings. The Morgan fingerprint density at radius 2 is 2.13 bits per heavy atom. The molecule has 1 aliphatic rings. The molecule has 0 bridgehead atoms. The molecular weight excluding hydrogens is 326 g/mol. The quantitative estimate of drug-likeness (QED) is 0.486. The van der Waals surface area contributed by atoms with Crippen molar-refractivity contribution >= 4 is 27.7 Å². The number of rotatable bonds is 5. The maximum absolute atomic E-state index is 11.8. The maximum atomic E-state index is 11.8. The molecule has 1 atom stereocenters. The van der Waals surface area contributed by atoms with Crippen molar-refractivity contribution in [1.82, 2.24) is 5.32 Å². The molecule has 0 aliphatic carbocycles. The first-order valence-electron chi connectivity index (χ1n) is 6.47. The number of ether oxygens (including phenoxy) is 1. The second-order valence-corrected chi connectivity index (χ2v) is 6.28. The lowest BCUT2D eigenvalue weighted by molar-refractivity contribution is -0.119. The zero-order chi connectivity index (χ0) is 17.0. The van der Waals surface area contributed by atoms with Crippen LogP contribution in [0.4, 0.5) is 10.5 Å². The molecule has 23 heavy (non-hydrogen) atoms. The van der Waals surface area contributed by atoms with Gasteiger partial charge in [0.1, 0.15) is 6.10 Å². The van der Waals surface area contributed by atoms with Crippen LogP contribution in [0.1, 0.15) is 6.92 Å². The fraction of sp³-hybridized carbons (Fsp3) is 0.333. The Balaban J connectivity index is 2.12. The Labute approximate surface area is 131 Å². The van der Waals surface area contributed by atoms with E-state index in [1.54, 1.807) is 0 Å².